The Morgan fingerprint density at radius 2 is 1.65 bits per heavy atom. The number of nitrogens with one attached hydrogen (secondary N) is 1. The molecule has 0 aromatic heterocycles. The van der Waals surface area contributed by atoms with Crippen molar-refractivity contribution >= 4 is 34.6 Å². The van der Waals surface area contributed by atoms with Crippen LogP contribution in [0.2, 0.25) is 0 Å². The Labute approximate surface area is 247 Å². The number of esters is 1. The van der Waals surface area contributed by atoms with E-state index >= 15 is 0 Å². The summed E-state index contributed by atoms with van der Waals surface area (Å²) in [6.45, 7) is 1.99. The summed E-state index contributed by atoms with van der Waals surface area (Å²) in [7, 11) is 0. The number of unbranched alkanes of at least 4 members (excludes halogenated alkanes) is 3. The van der Waals surface area contributed by atoms with Crippen molar-refractivity contribution in [1.29, 1.82) is 0 Å². The summed E-state index contributed by atoms with van der Waals surface area (Å²) >= 11 is 0. The van der Waals surface area contributed by atoms with Crippen molar-refractivity contribution in [3.05, 3.63) is 76.5 Å². The van der Waals surface area contributed by atoms with E-state index in [0.717, 1.165) is 25.7 Å². The van der Waals surface area contributed by atoms with Crippen LogP contribution in [-0.4, -0.2) is 46.5 Å². The van der Waals surface area contributed by atoms with Crippen molar-refractivity contribution < 1.29 is 38.5 Å². The predicted molar refractivity (Wildman–Crippen MR) is 159 cm³/mol. The number of fused-ring (bicyclic) bond motifs is 2. The second kappa shape index (κ2) is 14.3. The van der Waals surface area contributed by atoms with Crippen LogP contribution in [0.15, 0.2) is 69.9 Å². The van der Waals surface area contributed by atoms with Gasteiger partial charge in [0.15, 0.2) is 5.43 Å². The van der Waals surface area contributed by atoms with Gasteiger partial charge in [-0.2, -0.15) is 0 Å². The zero-order valence-electron chi connectivity index (χ0n) is 23.8. The van der Waals surface area contributed by atoms with Crippen LogP contribution in [0.1, 0.15) is 62.2 Å². The second-order valence-electron chi connectivity index (χ2n) is 10.4. The van der Waals surface area contributed by atoms with Gasteiger partial charge in [0.25, 0.3) is 0 Å². The molecule has 224 valence electrons. The molecule has 5 rings (SSSR count). The zero-order chi connectivity index (χ0) is 30.9. The highest BCUT2D eigenvalue weighted by molar-refractivity contribution is 6.07. The van der Waals surface area contributed by atoms with Crippen molar-refractivity contribution in [2.45, 2.75) is 57.9 Å². The minimum Gasteiger partial charge on any atom is -0.508 e. The molecule has 10 nitrogen and oxygen atoms in total. The summed E-state index contributed by atoms with van der Waals surface area (Å²) in [5.41, 5.74) is 2.10. The molecular weight excluding hydrogens is 554 g/mol. The lowest BCUT2D eigenvalue weighted by molar-refractivity contribution is -0.141. The molecule has 0 unspecified atom stereocenters. The van der Waals surface area contributed by atoms with Crippen LogP contribution in [0.4, 0.5) is 0 Å². The first-order valence-electron chi connectivity index (χ1n) is 14.1. The maximum atomic E-state index is 11.7. The van der Waals surface area contributed by atoms with Crippen molar-refractivity contribution in [2.75, 3.05) is 6.61 Å². The number of amides is 1. The number of ketones is 1. The number of carboxylic acids is 1. The Hall–Kier alpha value is -4.99. The number of carboxylic acid groups (broad SMARTS) is 1. The third-order valence-electron chi connectivity index (χ3n) is 7.06. The fraction of sp³-hybridized carbons (Fsp3) is 0.303. The van der Waals surface area contributed by atoms with Crippen molar-refractivity contribution in [3.63, 3.8) is 0 Å². The highest BCUT2D eigenvalue weighted by Crippen LogP contribution is 2.41. The number of hydrogen-bond acceptors (Lipinski definition) is 8. The Morgan fingerprint density at radius 1 is 0.907 bits per heavy atom. The summed E-state index contributed by atoms with van der Waals surface area (Å²) < 4.78 is 10.5. The van der Waals surface area contributed by atoms with Crippen LogP contribution in [0.5, 0.6) is 5.75 Å². The Balaban J connectivity index is 0.000000209. The Morgan fingerprint density at radius 3 is 2.35 bits per heavy atom. The average molecular weight is 588 g/mol. The summed E-state index contributed by atoms with van der Waals surface area (Å²) in [4.78, 5) is 56.7. The van der Waals surface area contributed by atoms with Crippen LogP contribution in [-0.2, 0) is 19.1 Å². The number of Topliss-reactive ketones (excluding diaryl/α,β-unsaturated/α-hetero) is 1. The number of phenolic OH excluding ortho intramolecular Hbond substituents is 1. The zero-order valence-corrected chi connectivity index (χ0v) is 23.8. The quantitative estimate of drug-likeness (QED) is 0.127. The molecule has 10 heteroatoms. The summed E-state index contributed by atoms with van der Waals surface area (Å²) in [5.74, 6) is -0.897. The van der Waals surface area contributed by atoms with Gasteiger partial charge in [-0.1, -0.05) is 31.0 Å². The fourth-order valence-corrected chi connectivity index (χ4v) is 4.94. The van der Waals surface area contributed by atoms with Crippen LogP contribution in [0.25, 0.3) is 33.4 Å². The highest BCUT2D eigenvalue weighted by Gasteiger charge is 2.27. The molecule has 2 aromatic rings. The number of benzene rings is 3. The van der Waals surface area contributed by atoms with Gasteiger partial charge in [-0.05, 0) is 55.7 Å². The number of hydrogen-bond donors (Lipinski definition) is 3. The Kier molecular flexibility index (Phi) is 10.3. The monoisotopic (exact) mass is 587 g/mol. The van der Waals surface area contributed by atoms with E-state index in [1.54, 1.807) is 37.3 Å². The molecule has 0 radical (unpaired) electrons. The first-order chi connectivity index (χ1) is 20.6. The minimum absolute atomic E-state index is 0.0198. The lowest BCUT2D eigenvalue weighted by Gasteiger charge is -2.16. The van der Waals surface area contributed by atoms with E-state index in [-0.39, 0.29) is 34.4 Å². The predicted octanol–water partition coefficient (Wildman–Crippen LogP) is 5.32. The van der Waals surface area contributed by atoms with Crippen LogP contribution in [0, 0.1) is 0 Å². The molecule has 0 spiro atoms. The molecule has 1 aliphatic carbocycles. The smallest absolute Gasteiger partial charge is 0.336 e. The first-order valence-corrected chi connectivity index (χ1v) is 14.1. The maximum absolute atomic E-state index is 11.7. The van der Waals surface area contributed by atoms with E-state index in [9.17, 15) is 34.2 Å². The largest absolute Gasteiger partial charge is 0.508 e. The molecule has 2 aromatic carbocycles. The van der Waals surface area contributed by atoms with Crippen molar-refractivity contribution in [2.24, 2.45) is 0 Å². The number of carbonyl (C=O) groups excluding carboxylic acids is 3. The lowest BCUT2D eigenvalue weighted by Crippen LogP contribution is -2.37. The molecule has 2 aliphatic heterocycles. The van der Waals surface area contributed by atoms with Gasteiger partial charge in [-0.3, -0.25) is 9.59 Å². The topological polar surface area (TPSA) is 160 Å². The minimum atomic E-state index is -1.04. The number of carbonyl (C=O) groups is 4. The van der Waals surface area contributed by atoms with Gasteiger partial charge in [0, 0.05) is 47.9 Å². The van der Waals surface area contributed by atoms with E-state index in [0.29, 0.717) is 59.3 Å². The summed E-state index contributed by atoms with van der Waals surface area (Å²) in [6, 6.07) is 15.2. The molecule has 43 heavy (non-hydrogen) atoms. The van der Waals surface area contributed by atoms with Gasteiger partial charge in [0.1, 0.15) is 28.9 Å². The number of rotatable bonds is 10. The summed E-state index contributed by atoms with van der Waals surface area (Å²) in [5, 5.41) is 22.6. The molecule has 1 saturated heterocycles. The molecule has 1 fully saturated rings. The van der Waals surface area contributed by atoms with E-state index in [2.05, 4.69) is 5.32 Å². The van der Waals surface area contributed by atoms with E-state index in [1.165, 1.54) is 30.3 Å². The van der Waals surface area contributed by atoms with Gasteiger partial charge < -0.3 is 29.5 Å². The summed E-state index contributed by atoms with van der Waals surface area (Å²) in [6.07, 6.45) is 5.23. The van der Waals surface area contributed by atoms with E-state index in [1.807, 2.05) is 0 Å². The van der Waals surface area contributed by atoms with Crippen LogP contribution >= 0.6 is 0 Å². The third kappa shape index (κ3) is 8.06. The lowest BCUT2D eigenvalue weighted by atomic mass is 9.91. The standard InChI is InChI=1S/C20H12O5.C13H21NO4/c21-11-5-7-15-17(9-11)25-18-10-12(22)6-8-16(18)19(15)13-3-1-2-4-14(13)20(23)24;1-10(15)6-4-2-3-5-7-12(16)14-11-8-9-18-13(11)17/h1-10,21H,(H,23,24);11H,2-9H2,1H3,(H,14,16)/t;11-/m.0/s1. The molecular formula is C33H33NO9. The fourth-order valence-electron chi connectivity index (χ4n) is 4.94. The maximum Gasteiger partial charge on any atom is 0.336 e. The van der Waals surface area contributed by atoms with Crippen molar-refractivity contribution in [3.8, 4) is 28.2 Å². The first kappa shape index (κ1) is 31.0. The molecule has 0 bridgehead atoms. The SMILES string of the molecule is CC(=O)CCCCCCC(=O)N[C@H]1CCOC1=O.O=C(O)c1ccccc1-c1c2ccc(=O)cc-2oc2cc(O)ccc12. The average Bonchev–Trinajstić information content (AvgIpc) is 3.37. The van der Waals surface area contributed by atoms with Gasteiger partial charge in [-0.25, -0.2) is 9.59 Å². The Bertz CT molecular complexity index is 1670. The molecule has 1 amide bonds. The van der Waals surface area contributed by atoms with Crippen molar-refractivity contribution in [1.82, 2.24) is 5.32 Å². The van der Waals surface area contributed by atoms with Gasteiger partial charge in [-0.15, -0.1) is 0 Å². The molecule has 3 N–H and O–H groups in total. The number of cyclic esters (lactones) is 1. The van der Waals surface area contributed by atoms with Gasteiger partial charge in [0.05, 0.1) is 12.2 Å². The number of aromatic hydroxyl groups is 1. The molecule has 0 saturated carbocycles. The molecule has 1 atom stereocenters. The highest BCUT2D eigenvalue weighted by atomic mass is 16.5. The van der Waals surface area contributed by atoms with Gasteiger partial charge >= 0.3 is 11.9 Å². The molecule has 3 aliphatic rings. The number of aromatic carboxylic acids is 1. The van der Waals surface area contributed by atoms with Gasteiger partial charge in [0.2, 0.25) is 5.91 Å². The van der Waals surface area contributed by atoms with Crippen LogP contribution < -0.4 is 10.7 Å². The number of ether oxygens (including phenoxy) is 1. The normalized spacial score (nSPS) is 14.2. The molecule has 2 heterocycles. The van der Waals surface area contributed by atoms with E-state index < -0.39 is 12.0 Å². The second-order valence-corrected chi connectivity index (χ2v) is 10.4. The van der Waals surface area contributed by atoms with E-state index in [4.69, 9.17) is 9.15 Å². The third-order valence-corrected chi connectivity index (χ3v) is 7.06. The number of phenols is 1. The van der Waals surface area contributed by atoms with Crippen LogP contribution in [0.3, 0.4) is 0 Å².